The molecule has 1 fully saturated rings. The number of carbonyl (C=O) groups excluding carboxylic acids is 2. The smallest absolute Gasteiger partial charge is 0.337 e. The van der Waals surface area contributed by atoms with Crippen molar-refractivity contribution in [1.82, 2.24) is 4.90 Å². The molecule has 1 amide bonds. The molecule has 0 atom stereocenters. The number of amidine groups is 1. The van der Waals surface area contributed by atoms with Crippen molar-refractivity contribution in [2.75, 3.05) is 13.7 Å². The lowest BCUT2D eigenvalue weighted by atomic mass is 10.2. The summed E-state index contributed by atoms with van der Waals surface area (Å²) in [6.45, 7) is 2.24. The number of nitrogens with zero attached hydrogens (tertiary/aromatic N) is 2. The van der Waals surface area contributed by atoms with Crippen molar-refractivity contribution in [2.24, 2.45) is 4.99 Å². The highest BCUT2D eigenvalue weighted by Gasteiger charge is 2.32. The molecule has 0 unspecified atom stereocenters. The molecule has 0 bridgehead atoms. The Labute approximate surface area is 170 Å². The fourth-order valence-corrected chi connectivity index (χ4v) is 3.81. The first-order chi connectivity index (χ1) is 13.4. The number of amides is 1. The Hall–Kier alpha value is -2.64. The Morgan fingerprint density at radius 3 is 2.61 bits per heavy atom. The van der Waals surface area contributed by atoms with Crippen molar-refractivity contribution in [2.45, 2.75) is 6.92 Å². The topological polar surface area (TPSA) is 59.0 Å². The van der Waals surface area contributed by atoms with E-state index in [0.29, 0.717) is 27.9 Å². The van der Waals surface area contributed by atoms with Crippen LogP contribution in [0.2, 0.25) is 5.02 Å². The number of aliphatic imine (C=N–C) groups is 1. The fraction of sp³-hybridized carbons (Fsp3) is 0.150. The molecule has 1 aliphatic heterocycles. The zero-order valence-corrected chi connectivity index (χ0v) is 16.7. The minimum Gasteiger partial charge on any atom is -0.465 e. The SMILES string of the molecule is CCN1C(=O)C(=Cc2c(F)cccc2Cl)SC1=Nc1ccc(C(=O)OC)cc1. The molecule has 0 saturated carbocycles. The van der Waals surface area contributed by atoms with Crippen LogP contribution in [0.3, 0.4) is 0 Å². The Balaban J connectivity index is 1.92. The number of hydrogen-bond donors (Lipinski definition) is 0. The van der Waals surface area contributed by atoms with Gasteiger partial charge in [-0.1, -0.05) is 17.7 Å². The van der Waals surface area contributed by atoms with E-state index in [-0.39, 0.29) is 16.5 Å². The number of halogens is 2. The summed E-state index contributed by atoms with van der Waals surface area (Å²) < 4.78 is 18.7. The number of esters is 1. The second-order valence-electron chi connectivity index (χ2n) is 5.73. The average Bonchev–Trinajstić information content (AvgIpc) is 2.99. The Bertz CT molecular complexity index is 969. The van der Waals surface area contributed by atoms with Gasteiger partial charge in [0.2, 0.25) is 0 Å². The van der Waals surface area contributed by atoms with Crippen LogP contribution in [0.4, 0.5) is 10.1 Å². The van der Waals surface area contributed by atoms with Crippen molar-refractivity contribution in [3.63, 3.8) is 0 Å². The summed E-state index contributed by atoms with van der Waals surface area (Å²) in [5.41, 5.74) is 1.15. The lowest BCUT2D eigenvalue weighted by molar-refractivity contribution is -0.122. The molecule has 2 aromatic rings. The Kier molecular flexibility index (Phi) is 6.16. The van der Waals surface area contributed by atoms with Gasteiger partial charge in [-0.15, -0.1) is 0 Å². The molecule has 1 heterocycles. The van der Waals surface area contributed by atoms with Gasteiger partial charge in [0.05, 0.1) is 28.3 Å². The normalized spacial score (nSPS) is 16.9. The lowest BCUT2D eigenvalue weighted by Crippen LogP contribution is -2.28. The molecule has 28 heavy (non-hydrogen) atoms. The van der Waals surface area contributed by atoms with Gasteiger partial charge in [0.25, 0.3) is 5.91 Å². The molecular weight excluding hydrogens is 403 g/mol. The molecule has 0 aliphatic carbocycles. The van der Waals surface area contributed by atoms with Crippen LogP contribution in [-0.2, 0) is 9.53 Å². The van der Waals surface area contributed by atoms with Gasteiger partial charge in [-0.05, 0) is 61.2 Å². The van der Waals surface area contributed by atoms with Crippen LogP contribution < -0.4 is 0 Å². The van der Waals surface area contributed by atoms with Crippen LogP contribution in [0.5, 0.6) is 0 Å². The summed E-state index contributed by atoms with van der Waals surface area (Å²) in [7, 11) is 1.31. The van der Waals surface area contributed by atoms with E-state index in [0.717, 1.165) is 11.8 Å². The maximum Gasteiger partial charge on any atom is 0.337 e. The molecule has 1 saturated heterocycles. The van der Waals surface area contributed by atoms with Gasteiger partial charge < -0.3 is 4.74 Å². The van der Waals surface area contributed by atoms with Crippen LogP contribution in [0.1, 0.15) is 22.8 Å². The summed E-state index contributed by atoms with van der Waals surface area (Å²) in [5, 5.41) is 0.699. The van der Waals surface area contributed by atoms with Crippen LogP contribution >= 0.6 is 23.4 Å². The molecule has 8 heteroatoms. The molecule has 3 rings (SSSR count). The second-order valence-corrected chi connectivity index (χ2v) is 7.14. The third-order valence-electron chi connectivity index (χ3n) is 3.99. The summed E-state index contributed by atoms with van der Waals surface area (Å²) in [6, 6.07) is 10.9. The van der Waals surface area contributed by atoms with E-state index in [4.69, 9.17) is 11.6 Å². The third-order valence-corrected chi connectivity index (χ3v) is 5.33. The molecule has 144 valence electrons. The molecule has 5 nitrogen and oxygen atoms in total. The predicted molar refractivity (Wildman–Crippen MR) is 109 cm³/mol. The van der Waals surface area contributed by atoms with E-state index in [9.17, 15) is 14.0 Å². The number of carbonyl (C=O) groups is 2. The maximum atomic E-state index is 14.1. The third kappa shape index (κ3) is 4.10. The van der Waals surface area contributed by atoms with E-state index >= 15 is 0 Å². The van der Waals surface area contributed by atoms with Crippen molar-refractivity contribution < 1.29 is 18.7 Å². The zero-order valence-electron chi connectivity index (χ0n) is 15.1. The van der Waals surface area contributed by atoms with Crippen LogP contribution in [0.15, 0.2) is 52.4 Å². The number of benzene rings is 2. The van der Waals surface area contributed by atoms with Gasteiger partial charge in [0, 0.05) is 12.1 Å². The maximum absolute atomic E-state index is 14.1. The van der Waals surface area contributed by atoms with Gasteiger partial charge in [-0.25, -0.2) is 14.2 Å². The first-order valence-corrected chi connectivity index (χ1v) is 9.56. The number of likely N-dealkylation sites (N-methyl/N-ethyl adjacent to an activating group) is 1. The zero-order chi connectivity index (χ0) is 20.3. The molecule has 1 aliphatic rings. The van der Waals surface area contributed by atoms with Gasteiger partial charge in [-0.2, -0.15) is 0 Å². The molecule has 0 radical (unpaired) electrons. The quantitative estimate of drug-likeness (QED) is 0.524. The minimum absolute atomic E-state index is 0.166. The monoisotopic (exact) mass is 418 g/mol. The summed E-state index contributed by atoms with van der Waals surface area (Å²) >= 11 is 7.20. The first-order valence-electron chi connectivity index (χ1n) is 8.37. The molecule has 2 aromatic carbocycles. The van der Waals surface area contributed by atoms with E-state index in [1.807, 2.05) is 6.92 Å². The van der Waals surface area contributed by atoms with Gasteiger partial charge in [0.15, 0.2) is 5.17 Å². The average molecular weight is 419 g/mol. The second kappa shape index (κ2) is 8.58. The van der Waals surface area contributed by atoms with Crippen molar-refractivity contribution in [3.05, 3.63) is 69.3 Å². The molecular formula is C20H16ClFN2O3S. The standard InChI is InChI=1S/C20H16ClFN2O3S/c1-3-24-18(25)17(11-14-15(21)5-4-6-16(14)22)28-20(24)23-13-9-7-12(8-10-13)19(26)27-2/h4-11H,3H2,1-2H3. The van der Waals surface area contributed by atoms with Crippen molar-refractivity contribution in [3.8, 4) is 0 Å². The predicted octanol–water partition coefficient (Wildman–Crippen LogP) is 4.89. The molecule has 0 N–H and O–H groups in total. The summed E-state index contributed by atoms with van der Waals surface area (Å²) in [5.74, 6) is -1.20. The molecule has 0 spiro atoms. The van der Waals surface area contributed by atoms with Crippen LogP contribution in [0.25, 0.3) is 6.08 Å². The number of ether oxygens (including phenoxy) is 1. The Morgan fingerprint density at radius 1 is 1.29 bits per heavy atom. The molecule has 0 aromatic heterocycles. The highest BCUT2D eigenvalue weighted by molar-refractivity contribution is 8.18. The first kappa shape index (κ1) is 20.1. The van der Waals surface area contributed by atoms with E-state index in [2.05, 4.69) is 9.73 Å². The van der Waals surface area contributed by atoms with E-state index in [1.54, 1.807) is 30.3 Å². The lowest BCUT2D eigenvalue weighted by Gasteiger charge is -2.12. The minimum atomic E-state index is -0.500. The van der Waals surface area contributed by atoms with E-state index < -0.39 is 11.8 Å². The fourth-order valence-electron chi connectivity index (χ4n) is 2.55. The number of hydrogen-bond acceptors (Lipinski definition) is 5. The van der Waals surface area contributed by atoms with Gasteiger partial charge in [-0.3, -0.25) is 9.69 Å². The summed E-state index contributed by atoms with van der Waals surface area (Å²) in [4.78, 5) is 30.5. The highest BCUT2D eigenvalue weighted by Crippen LogP contribution is 2.35. The van der Waals surface area contributed by atoms with Gasteiger partial charge in [0.1, 0.15) is 5.82 Å². The highest BCUT2D eigenvalue weighted by atomic mass is 35.5. The number of thioether (sulfide) groups is 1. The largest absolute Gasteiger partial charge is 0.465 e. The van der Waals surface area contributed by atoms with Crippen LogP contribution in [0, 0.1) is 5.82 Å². The van der Waals surface area contributed by atoms with E-state index in [1.165, 1.54) is 30.2 Å². The van der Waals surface area contributed by atoms with Crippen molar-refractivity contribution in [1.29, 1.82) is 0 Å². The number of methoxy groups -OCH3 is 1. The Morgan fingerprint density at radius 2 is 2.00 bits per heavy atom. The van der Waals surface area contributed by atoms with Crippen molar-refractivity contribution >= 4 is 52.2 Å². The van der Waals surface area contributed by atoms with Gasteiger partial charge >= 0.3 is 5.97 Å². The summed E-state index contributed by atoms with van der Waals surface area (Å²) in [6.07, 6.45) is 1.44. The van der Waals surface area contributed by atoms with Crippen LogP contribution in [-0.4, -0.2) is 35.6 Å². The number of rotatable bonds is 4.